The first kappa shape index (κ1) is 14.0. The number of aliphatic hydroxyl groups excluding tert-OH is 1. The van der Waals surface area contributed by atoms with Crippen molar-refractivity contribution in [2.24, 2.45) is 29.6 Å². The molecule has 3 nitrogen and oxygen atoms in total. The summed E-state index contributed by atoms with van der Waals surface area (Å²) >= 11 is 0. The molecule has 0 aromatic rings. The van der Waals surface area contributed by atoms with E-state index in [0.29, 0.717) is 11.8 Å². The molecule has 2 aliphatic carbocycles. The Morgan fingerprint density at radius 2 is 2.00 bits per heavy atom. The number of rotatable bonds is 3. The van der Waals surface area contributed by atoms with E-state index in [1.807, 2.05) is 6.92 Å². The second kappa shape index (κ2) is 4.93. The van der Waals surface area contributed by atoms with Gasteiger partial charge in [-0.2, -0.15) is 0 Å². The maximum Gasteiger partial charge on any atom is 0.161 e. The normalized spacial score (nSPS) is 44.1. The summed E-state index contributed by atoms with van der Waals surface area (Å²) in [6.45, 7) is 6.00. The minimum atomic E-state index is -0.624. The molecule has 0 unspecified atom stereocenters. The number of aliphatic hydroxyl groups is 2. The lowest BCUT2D eigenvalue weighted by atomic mass is 9.61. The van der Waals surface area contributed by atoms with Crippen LogP contribution in [0.1, 0.15) is 46.5 Å². The van der Waals surface area contributed by atoms with Crippen LogP contribution in [-0.2, 0) is 4.79 Å². The Hall–Kier alpha value is -0.410. The summed E-state index contributed by atoms with van der Waals surface area (Å²) in [4.78, 5) is 11.9. The molecular weight excluding hydrogens is 228 g/mol. The van der Waals surface area contributed by atoms with Gasteiger partial charge in [-0.1, -0.05) is 13.8 Å². The van der Waals surface area contributed by atoms with Crippen LogP contribution in [0, 0.1) is 29.6 Å². The molecule has 18 heavy (non-hydrogen) atoms. The van der Waals surface area contributed by atoms with Gasteiger partial charge in [0.05, 0.1) is 5.60 Å². The molecule has 2 fully saturated rings. The summed E-state index contributed by atoms with van der Waals surface area (Å²) in [5.74, 6) is 1.51. The van der Waals surface area contributed by atoms with Gasteiger partial charge in [0.25, 0.3) is 0 Å². The van der Waals surface area contributed by atoms with Gasteiger partial charge in [0.2, 0.25) is 0 Å². The number of ketones is 1. The Kier molecular flexibility index (Phi) is 3.84. The monoisotopic (exact) mass is 254 g/mol. The van der Waals surface area contributed by atoms with E-state index >= 15 is 0 Å². The van der Waals surface area contributed by atoms with Crippen molar-refractivity contribution in [2.75, 3.05) is 6.61 Å². The first-order valence-corrected chi connectivity index (χ1v) is 7.24. The van der Waals surface area contributed by atoms with Gasteiger partial charge < -0.3 is 10.2 Å². The molecule has 0 bridgehead atoms. The summed E-state index contributed by atoms with van der Waals surface area (Å²) in [5, 5.41) is 19.7. The molecule has 0 heterocycles. The van der Waals surface area contributed by atoms with Crippen LogP contribution in [0.4, 0.5) is 0 Å². The molecule has 0 amide bonds. The van der Waals surface area contributed by atoms with Crippen LogP contribution in [0.25, 0.3) is 0 Å². The van der Waals surface area contributed by atoms with Crippen molar-refractivity contribution >= 4 is 5.78 Å². The summed E-state index contributed by atoms with van der Waals surface area (Å²) in [7, 11) is 0. The molecule has 2 saturated carbocycles. The number of hydrogen-bond donors (Lipinski definition) is 2. The molecule has 2 rings (SSSR count). The molecule has 0 saturated heterocycles. The summed E-state index contributed by atoms with van der Waals surface area (Å²) < 4.78 is 0. The lowest BCUT2D eigenvalue weighted by Crippen LogP contribution is -2.47. The van der Waals surface area contributed by atoms with Crippen molar-refractivity contribution in [3.05, 3.63) is 0 Å². The average Bonchev–Trinajstić information content (AvgIpc) is 2.73. The van der Waals surface area contributed by atoms with E-state index in [4.69, 9.17) is 5.11 Å². The zero-order valence-corrected chi connectivity index (χ0v) is 11.7. The first-order valence-electron chi connectivity index (χ1n) is 7.24. The quantitative estimate of drug-likeness (QED) is 0.810. The number of carbonyl (C=O) groups is 1. The van der Waals surface area contributed by atoms with E-state index in [2.05, 4.69) is 13.8 Å². The van der Waals surface area contributed by atoms with E-state index in [9.17, 15) is 9.90 Å². The molecule has 3 heteroatoms. The van der Waals surface area contributed by atoms with Crippen molar-refractivity contribution in [1.82, 2.24) is 0 Å². The minimum Gasteiger partial charge on any atom is -0.390 e. The SMILES string of the molecule is CC(C)[C@@H]1CC[C@@](C)(O)[C@@H]2CC[C@H](C(=O)CO)[C@H]21. The van der Waals surface area contributed by atoms with Crippen LogP contribution in [0.2, 0.25) is 0 Å². The fourth-order valence-electron chi connectivity index (χ4n) is 4.45. The van der Waals surface area contributed by atoms with Crippen molar-refractivity contribution < 1.29 is 15.0 Å². The smallest absolute Gasteiger partial charge is 0.161 e. The van der Waals surface area contributed by atoms with Crippen LogP contribution in [0.3, 0.4) is 0 Å². The van der Waals surface area contributed by atoms with Gasteiger partial charge in [-0.05, 0) is 56.3 Å². The molecule has 2 aliphatic rings. The third kappa shape index (κ3) is 2.23. The van der Waals surface area contributed by atoms with Gasteiger partial charge in [-0.15, -0.1) is 0 Å². The zero-order valence-electron chi connectivity index (χ0n) is 11.7. The van der Waals surface area contributed by atoms with E-state index in [1.54, 1.807) is 0 Å². The molecule has 0 aromatic carbocycles. The van der Waals surface area contributed by atoms with Crippen LogP contribution >= 0.6 is 0 Å². The second-order valence-corrected chi connectivity index (χ2v) is 6.80. The largest absolute Gasteiger partial charge is 0.390 e. The molecule has 0 spiro atoms. The zero-order chi connectivity index (χ0) is 13.5. The number of fused-ring (bicyclic) bond motifs is 1. The van der Waals surface area contributed by atoms with E-state index in [0.717, 1.165) is 25.7 Å². The fourth-order valence-corrected chi connectivity index (χ4v) is 4.45. The maximum atomic E-state index is 11.9. The highest BCUT2D eigenvalue weighted by Crippen LogP contribution is 2.54. The Balaban J connectivity index is 2.27. The highest BCUT2D eigenvalue weighted by atomic mass is 16.3. The Bertz CT molecular complexity index is 322. The van der Waals surface area contributed by atoms with Crippen molar-refractivity contribution in [1.29, 1.82) is 0 Å². The molecular formula is C15H26O3. The third-order valence-corrected chi connectivity index (χ3v) is 5.42. The number of carbonyl (C=O) groups excluding carboxylic acids is 1. The predicted octanol–water partition coefficient (Wildman–Crippen LogP) is 2.01. The lowest BCUT2D eigenvalue weighted by Gasteiger charge is -2.46. The van der Waals surface area contributed by atoms with Gasteiger partial charge in [-0.25, -0.2) is 0 Å². The minimum absolute atomic E-state index is 0.0224. The standard InChI is InChI=1S/C15H26O3/c1-9(2)10-6-7-15(3,18)12-5-4-11(14(10)12)13(17)8-16/h9-12,14,16,18H,4-8H2,1-3H3/t10-,11+,12+,14+,15+/m0/s1. The third-order valence-electron chi connectivity index (χ3n) is 5.42. The van der Waals surface area contributed by atoms with E-state index < -0.39 is 5.60 Å². The summed E-state index contributed by atoms with van der Waals surface area (Å²) in [5.41, 5.74) is -0.624. The van der Waals surface area contributed by atoms with Crippen LogP contribution in [0.5, 0.6) is 0 Å². The van der Waals surface area contributed by atoms with Gasteiger partial charge in [0.1, 0.15) is 6.61 Å². The van der Waals surface area contributed by atoms with Crippen molar-refractivity contribution in [3.8, 4) is 0 Å². The number of hydrogen-bond acceptors (Lipinski definition) is 3. The average molecular weight is 254 g/mol. The van der Waals surface area contributed by atoms with E-state index in [1.165, 1.54) is 0 Å². The summed E-state index contributed by atoms with van der Waals surface area (Å²) in [6.07, 6.45) is 3.61. The molecule has 0 aromatic heterocycles. The van der Waals surface area contributed by atoms with E-state index in [-0.39, 0.29) is 30.1 Å². The highest BCUT2D eigenvalue weighted by molar-refractivity contribution is 5.82. The Morgan fingerprint density at radius 3 is 2.56 bits per heavy atom. The maximum absolute atomic E-state index is 11.9. The van der Waals surface area contributed by atoms with Crippen LogP contribution in [0.15, 0.2) is 0 Å². The lowest BCUT2D eigenvalue weighted by molar-refractivity contribution is -0.132. The number of Topliss-reactive ketones (excluding diaryl/α,β-unsaturated/α-hetero) is 1. The van der Waals surface area contributed by atoms with Crippen LogP contribution < -0.4 is 0 Å². The van der Waals surface area contributed by atoms with Gasteiger partial charge in [0.15, 0.2) is 5.78 Å². The fraction of sp³-hybridized carbons (Fsp3) is 0.933. The highest BCUT2D eigenvalue weighted by Gasteiger charge is 2.53. The Labute approximate surface area is 110 Å². The van der Waals surface area contributed by atoms with Crippen LogP contribution in [-0.4, -0.2) is 28.2 Å². The van der Waals surface area contributed by atoms with Crippen molar-refractivity contribution in [3.63, 3.8) is 0 Å². The summed E-state index contributed by atoms with van der Waals surface area (Å²) in [6, 6.07) is 0. The van der Waals surface area contributed by atoms with Gasteiger partial charge in [0, 0.05) is 5.92 Å². The molecule has 5 atom stereocenters. The predicted molar refractivity (Wildman–Crippen MR) is 70.0 cm³/mol. The van der Waals surface area contributed by atoms with Gasteiger partial charge in [-0.3, -0.25) is 4.79 Å². The molecule has 0 aliphatic heterocycles. The second-order valence-electron chi connectivity index (χ2n) is 6.80. The molecule has 2 N–H and O–H groups in total. The first-order chi connectivity index (χ1) is 8.38. The molecule has 104 valence electrons. The van der Waals surface area contributed by atoms with Crippen molar-refractivity contribution in [2.45, 2.75) is 52.1 Å². The molecule has 0 radical (unpaired) electrons. The topological polar surface area (TPSA) is 57.5 Å². The Morgan fingerprint density at radius 1 is 1.33 bits per heavy atom. The van der Waals surface area contributed by atoms with Gasteiger partial charge >= 0.3 is 0 Å².